The van der Waals surface area contributed by atoms with Crippen molar-refractivity contribution in [2.75, 3.05) is 19.6 Å². The van der Waals surface area contributed by atoms with Crippen LogP contribution in [0, 0.1) is 0 Å². The lowest BCUT2D eigenvalue weighted by Crippen LogP contribution is -2.49. The number of pyridine rings is 1. The van der Waals surface area contributed by atoms with Gasteiger partial charge < -0.3 is 30.4 Å². The van der Waals surface area contributed by atoms with Gasteiger partial charge in [-0.15, -0.1) is 0 Å². The minimum absolute atomic E-state index is 0.000144. The Hall–Kier alpha value is -4.13. The van der Waals surface area contributed by atoms with Gasteiger partial charge in [-0.1, -0.05) is 12.1 Å². The average Bonchev–Trinajstić information content (AvgIpc) is 3.40. The molecule has 0 unspecified atom stereocenters. The fraction of sp³-hybridized carbons (Fsp3) is 0.407. The number of ether oxygens (including phenoxy) is 2. The molecule has 3 aromatic rings. The molecule has 10 nitrogen and oxygen atoms in total. The summed E-state index contributed by atoms with van der Waals surface area (Å²) in [5.74, 6) is -1.19. The highest BCUT2D eigenvalue weighted by Gasteiger charge is 2.34. The smallest absolute Gasteiger partial charge is 0.387 e. The maximum atomic E-state index is 15.1. The molecule has 0 aliphatic carbocycles. The first kappa shape index (κ1) is 28.9. The molecule has 1 saturated heterocycles. The highest BCUT2D eigenvalue weighted by atomic mass is 19.3. The van der Waals surface area contributed by atoms with Gasteiger partial charge in [0.05, 0.1) is 25.0 Å². The number of aryl methyl sites for hydroxylation is 1. The van der Waals surface area contributed by atoms with E-state index in [1.807, 2.05) is 10.8 Å². The first-order valence-electron chi connectivity index (χ1n) is 12.9. The van der Waals surface area contributed by atoms with Crippen LogP contribution in [0.4, 0.5) is 13.2 Å². The Bertz CT molecular complexity index is 1300. The molecule has 4 N–H and O–H groups in total. The predicted octanol–water partition coefficient (Wildman–Crippen LogP) is 2.94. The third-order valence-electron chi connectivity index (χ3n) is 6.52. The van der Waals surface area contributed by atoms with Gasteiger partial charge in [0.1, 0.15) is 17.4 Å². The van der Waals surface area contributed by atoms with Crippen LogP contribution in [0.15, 0.2) is 49.1 Å². The second kappa shape index (κ2) is 13.3. The molecule has 0 bridgehead atoms. The van der Waals surface area contributed by atoms with Crippen molar-refractivity contribution in [3.05, 3.63) is 60.2 Å². The number of rotatable bonds is 12. The summed E-state index contributed by atoms with van der Waals surface area (Å²) in [6.45, 7) is -1.56. The number of alkyl halides is 3. The number of unbranched alkanes of at least 4 members (excludes halogenated alkanes) is 1. The van der Waals surface area contributed by atoms with Crippen LogP contribution in [0.5, 0.6) is 11.6 Å². The number of halogens is 3. The summed E-state index contributed by atoms with van der Waals surface area (Å²) in [6, 6.07) is 7.21. The van der Waals surface area contributed by atoms with E-state index in [4.69, 9.17) is 16.2 Å². The Morgan fingerprint density at radius 2 is 1.93 bits per heavy atom. The van der Waals surface area contributed by atoms with E-state index in [9.17, 15) is 18.4 Å². The zero-order valence-corrected chi connectivity index (χ0v) is 21.7. The fourth-order valence-corrected chi connectivity index (χ4v) is 4.39. The SMILES string of the molecule is NCCCCn1cnc(-c2cnc(O[C@@H]3CCN(C(=O)Cc4ccc(OC(F)F)cc4)C[C@H]3F)c(C(N)=O)c2)c1. The van der Waals surface area contributed by atoms with Crippen molar-refractivity contribution in [3.8, 4) is 22.9 Å². The van der Waals surface area contributed by atoms with E-state index < -0.39 is 24.8 Å². The molecule has 4 rings (SSSR count). The van der Waals surface area contributed by atoms with Gasteiger partial charge in [0, 0.05) is 37.5 Å². The number of nitrogens with two attached hydrogens (primary N) is 2. The van der Waals surface area contributed by atoms with E-state index in [0.29, 0.717) is 23.4 Å². The third-order valence-corrected chi connectivity index (χ3v) is 6.52. The Morgan fingerprint density at radius 3 is 2.60 bits per heavy atom. The molecule has 2 amide bonds. The third kappa shape index (κ3) is 7.50. The molecule has 0 saturated carbocycles. The summed E-state index contributed by atoms with van der Waals surface area (Å²) in [5, 5.41) is 0. The molecule has 1 fully saturated rings. The maximum absolute atomic E-state index is 15.1. The molecular weight excluding hydrogens is 529 g/mol. The second-order valence-corrected chi connectivity index (χ2v) is 9.43. The van der Waals surface area contributed by atoms with Crippen LogP contribution in [0.1, 0.15) is 35.2 Å². The molecular formula is C27H31F3N6O4. The topological polar surface area (TPSA) is 139 Å². The molecule has 2 atom stereocenters. The van der Waals surface area contributed by atoms with Crippen LogP contribution in [0.2, 0.25) is 0 Å². The number of imidazole rings is 1. The van der Waals surface area contributed by atoms with Gasteiger partial charge >= 0.3 is 6.61 Å². The molecule has 3 heterocycles. The van der Waals surface area contributed by atoms with E-state index in [1.165, 1.54) is 41.4 Å². The van der Waals surface area contributed by atoms with Crippen molar-refractivity contribution >= 4 is 11.8 Å². The molecule has 0 spiro atoms. The van der Waals surface area contributed by atoms with E-state index in [0.717, 1.165) is 19.4 Å². The maximum Gasteiger partial charge on any atom is 0.387 e. The number of carbonyl (C=O) groups is 2. The zero-order valence-electron chi connectivity index (χ0n) is 21.7. The summed E-state index contributed by atoms with van der Waals surface area (Å²) >= 11 is 0. The van der Waals surface area contributed by atoms with Crippen LogP contribution in [0.3, 0.4) is 0 Å². The number of hydrogen-bond donors (Lipinski definition) is 2. The fourth-order valence-electron chi connectivity index (χ4n) is 4.39. The molecule has 1 aliphatic heterocycles. The van der Waals surface area contributed by atoms with Crippen LogP contribution < -0.4 is 20.9 Å². The second-order valence-electron chi connectivity index (χ2n) is 9.43. The number of likely N-dealkylation sites (tertiary alicyclic amines) is 1. The Morgan fingerprint density at radius 1 is 1.15 bits per heavy atom. The summed E-state index contributed by atoms with van der Waals surface area (Å²) < 4.78 is 51.7. The Kier molecular flexibility index (Phi) is 9.59. The number of hydrogen-bond acceptors (Lipinski definition) is 7. The molecule has 2 aromatic heterocycles. The lowest BCUT2D eigenvalue weighted by molar-refractivity contribution is -0.134. The summed E-state index contributed by atoms with van der Waals surface area (Å²) in [5.41, 5.74) is 12.8. The lowest BCUT2D eigenvalue weighted by atomic mass is 10.0. The van der Waals surface area contributed by atoms with E-state index in [-0.39, 0.29) is 49.0 Å². The summed E-state index contributed by atoms with van der Waals surface area (Å²) in [7, 11) is 0. The average molecular weight is 561 g/mol. The van der Waals surface area contributed by atoms with E-state index in [2.05, 4.69) is 14.7 Å². The lowest BCUT2D eigenvalue weighted by Gasteiger charge is -2.34. The molecule has 13 heteroatoms. The quantitative estimate of drug-likeness (QED) is 0.325. The highest BCUT2D eigenvalue weighted by Crippen LogP contribution is 2.27. The number of carbonyl (C=O) groups excluding carboxylic acids is 2. The Balaban J connectivity index is 1.36. The molecule has 214 valence electrons. The van der Waals surface area contributed by atoms with Crippen molar-refractivity contribution in [2.45, 2.75) is 51.1 Å². The first-order chi connectivity index (χ1) is 19.2. The van der Waals surface area contributed by atoms with Crippen molar-refractivity contribution < 1.29 is 32.2 Å². The van der Waals surface area contributed by atoms with Gasteiger partial charge in [-0.25, -0.2) is 14.4 Å². The van der Waals surface area contributed by atoms with Crippen LogP contribution in [-0.2, 0) is 17.8 Å². The number of benzene rings is 1. The van der Waals surface area contributed by atoms with Gasteiger partial charge in [-0.05, 0) is 43.1 Å². The normalized spacial score (nSPS) is 17.2. The van der Waals surface area contributed by atoms with Crippen molar-refractivity contribution in [3.63, 3.8) is 0 Å². The summed E-state index contributed by atoms with van der Waals surface area (Å²) in [6.07, 6.45) is 4.47. The minimum Gasteiger partial charge on any atom is -0.471 e. The van der Waals surface area contributed by atoms with Crippen LogP contribution in [-0.4, -0.2) is 69.8 Å². The summed E-state index contributed by atoms with van der Waals surface area (Å²) in [4.78, 5) is 34.8. The number of amides is 2. The van der Waals surface area contributed by atoms with Crippen LogP contribution >= 0.6 is 0 Å². The number of piperidine rings is 1. The number of nitrogens with zero attached hydrogens (tertiary/aromatic N) is 4. The van der Waals surface area contributed by atoms with Gasteiger partial charge in [-0.3, -0.25) is 9.59 Å². The highest BCUT2D eigenvalue weighted by molar-refractivity contribution is 5.96. The first-order valence-corrected chi connectivity index (χ1v) is 12.9. The number of primary amides is 1. The van der Waals surface area contributed by atoms with Gasteiger partial charge in [0.15, 0.2) is 6.17 Å². The van der Waals surface area contributed by atoms with Crippen LogP contribution in [0.25, 0.3) is 11.3 Å². The molecule has 40 heavy (non-hydrogen) atoms. The largest absolute Gasteiger partial charge is 0.471 e. The van der Waals surface area contributed by atoms with Gasteiger partial charge in [0.25, 0.3) is 5.91 Å². The molecule has 0 radical (unpaired) electrons. The van der Waals surface area contributed by atoms with Crippen molar-refractivity contribution in [1.82, 2.24) is 19.4 Å². The molecule has 1 aliphatic rings. The standard InChI is InChI=1S/C27H31F3N6O4/c28-21-14-36(24(37)11-17-3-5-19(6-4-17)39-27(29)30)10-7-23(21)40-26-20(25(32)38)12-18(13-33-26)22-15-35(16-34-22)9-2-1-8-31/h3-6,12-13,15-16,21,23,27H,1-2,7-11,14,31H2,(H2,32,38)/t21-,23-/m1/s1. The van der Waals surface area contributed by atoms with Crippen molar-refractivity contribution in [1.29, 1.82) is 0 Å². The minimum atomic E-state index is -2.94. The van der Waals surface area contributed by atoms with Gasteiger partial charge in [0.2, 0.25) is 11.8 Å². The van der Waals surface area contributed by atoms with E-state index >= 15 is 4.39 Å². The monoisotopic (exact) mass is 560 g/mol. The predicted molar refractivity (Wildman–Crippen MR) is 140 cm³/mol. The zero-order chi connectivity index (χ0) is 28.6. The number of aromatic nitrogens is 3. The Labute approximate surface area is 229 Å². The molecule has 1 aromatic carbocycles. The van der Waals surface area contributed by atoms with Gasteiger partial charge in [-0.2, -0.15) is 8.78 Å². The van der Waals surface area contributed by atoms with Crippen molar-refractivity contribution in [2.24, 2.45) is 11.5 Å². The van der Waals surface area contributed by atoms with E-state index in [1.54, 1.807) is 6.33 Å².